The van der Waals surface area contributed by atoms with E-state index in [4.69, 9.17) is 23.2 Å². The molecule has 2 aromatic heterocycles. The number of thiophene rings is 1. The summed E-state index contributed by atoms with van der Waals surface area (Å²) in [5, 5.41) is 6.00. The van der Waals surface area contributed by atoms with Crippen LogP contribution in [-0.2, 0) is 4.79 Å². The molecule has 0 saturated carbocycles. The molecule has 30 heavy (non-hydrogen) atoms. The molecule has 8 heteroatoms. The number of aryl methyl sites for hydroxylation is 1. The Bertz CT molecular complexity index is 1290. The lowest BCUT2D eigenvalue weighted by atomic mass is 10.0. The van der Waals surface area contributed by atoms with Gasteiger partial charge in [-0.05, 0) is 37.6 Å². The van der Waals surface area contributed by atoms with Gasteiger partial charge in [0.15, 0.2) is 0 Å². The van der Waals surface area contributed by atoms with Gasteiger partial charge < -0.3 is 5.32 Å². The monoisotopic (exact) mass is 457 g/mol. The maximum absolute atomic E-state index is 13.3. The summed E-state index contributed by atoms with van der Waals surface area (Å²) in [6, 6.07) is 11.9. The summed E-state index contributed by atoms with van der Waals surface area (Å²) >= 11 is 13.4. The summed E-state index contributed by atoms with van der Waals surface area (Å²) < 4.78 is 1.34. The van der Waals surface area contributed by atoms with Crippen LogP contribution < -0.4 is 10.9 Å². The summed E-state index contributed by atoms with van der Waals surface area (Å²) in [5.41, 5.74) is 3.09. The molecule has 4 aromatic rings. The average Bonchev–Trinajstić information content (AvgIpc) is 3.12. The average molecular weight is 458 g/mol. The highest BCUT2D eigenvalue weighted by Gasteiger charge is 2.20. The molecule has 0 bridgehead atoms. The van der Waals surface area contributed by atoms with Gasteiger partial charge in [0.2, 0.25) is 5.91 Å². The Morgan fingerprint density at radius 2 is 1.80 bits per heavy atom. The second kappa shape index (κ2) is 8.22. The summed E-state index contributed by atoms with van der Waals surface area (Å²) in [4.78, 5) is 31.1. The fraction of sp³-hybridized carbons (Fsp3) is 0.136. The number of hydrogen-bond acceptors (Lipinski definition) is 4. The van der Waals surface area contributed by atoms with Crippen LogP contribution in [0.5, 0.6) is 0 Å². The van der Waals surface area contributed by atoms with E-state index in [9.17, 15) is 9.59 Å². The minimum Gasteiger partial charge on any atom is -0.324 e. The van der Waals surface area contributed by atoms with Crippen molar-refractivity contribution in [1.82, 2.24) is 9.55 Å². The van der Waals surface area contributed by atoms with Crippen LogP contribution in [0.15, 0.2) is 59.0 Å². The second-order valence-corrected chi connectivity index (χ2v) is 8.71. The zero-order valence-corrected chi connectivity index (χ0v) is 18.5. The van der Waals surface area contributed by atoms with Crippen molar-refractivity contribution in [2.45, 2.75) is 19.9 Å². The topological polar surface area (TPSA) is 64.0 Å². The summed E-state index contributed by atoms with van der Waals surface area (Å²) in [7, 11) is 0. The minimum atomic E-state index is -0.780. The number of aromatic nitrogens is 2. The van der Waals surface area contributed by atoms with Crippen LogP contribution in [0.25, 0.3) is 21.3 Å². The molecule has 2 aromatic carbocycles. The zero-order valence-electron chi connectivity index (χ0n) is 16.1. The van der Waals surface area contributed by atoms with Crippen molar-refractivity contribution in [3.8, 4) is 11.1 Å². The highest BCUT2D eigenvalue weighted by molar-refractivity contribution is 7.17. The standard InChI is InChI=1S/C22H17Cl2N3O2S/c1-12-3-5-14(6-4-12)18-10-30-21-19(18)22(29)27(11-25-21)13(2)20(28)26-17-8-15(23)7-16(24)9-17/h3-11,13H,1-2H3,(H,26,28). The number of halogens is 2. The molecule has 0 aliphatic rings. The third kappa shape index (κ3) is 3.99. The van der Waals surface area contributed by atoms with Crippen LogP contribution in [0.1, 0.15) is 18.5 Å². The van der Waals surface area contributed by atoms with E-state index < -0.39 is 6.04 Å². The van der Waals surface area contributed by atoms with Crippen molar-refractivity contribution in [3.05, 3.63) is 80.1 Å². The lowest BCUT2D eigenvalue weighted by molar-refractivity contribution is -0.118. The van der Waals surface area contributed by atoms with Crippen molar-refractivity contribution >= 4 is 56.3 Å². The summed E-state index contributed by atoms with van der Waals surface area (Å²) in [5.74, 6) is -0.372. The van der Waals surface area contributed by atoms with E-state index in [0.29, 0.717) is 25.9 Å². The Kier molecular flexibility index (Phi) is 5.64. The highest BCUT2D eigenvalue weighted by atomic mass is 35.5. The molecule has 1 atom stereocenters. The molecule has 4 rings (SSSR count). The first-order valence-electron chi connectivity index (χ1n) is 9.16. The predicted molar refractivity (Wildman–Crippen MR) is 124 cm³/mol. The van der Waals surface area contributed by atoms with Gasteiger partial charge in [0.1, 0.15) is 10.9 Å². The highest BCUT2D eigenvalue weighted by Crippen LogP contribution is 2.31. The maximum Gasteiger partial charge on any atom is 0.263 e. The van der Waals surface area contributed by atoms with Crippen LogP contribution in [0, 0.1) is 6.92 Å². The normalized spacial score (nSPS) is 12.1. The van der Waals surface area contributed by atoms with Crippen LogP contribution >= 0.6 is 34.5 Å². The molecule has 0 fully saturated rings. The first kappa shape index (κ1) is 20.6. The smallest absolute Gasteiger partial charge is 0.263 e. The molecule has 0 radical (unpaired) electrons. The van der Waals surface area contributed by atoms with Gasteiger partial charge in [0.25, 0.3) is 5.56 Å². The molecule has 1 amide bonds. The van der Waals surface area contributed by atoms with Gasteiger partial charge in [-0.3, -0.25) is 14.2 Å². The molecule has 1 N–H and O–H groups in total. The van der Waals surface area contributed by atoms with Crippen molar-refractivity contribution in [3.63, 3.8) is 0 Å². The second-order valence-electron chi connectivity index (χ2n) is 6.98. The van der Waals surface area contributed by atoms with Gasteiger partial charge in [-0.15, -0.1) is 11.3 Å². The zero-order chi connectivity index (χ0) is 21.4. The van der Waals surface area contributed by atoms with Gasteiger partial charge in [-0.25, -0.2) is 4.98 Å². The molecule has 5 nitrogen and oxygen atoms in total. The molecule has 0 spiro atoms. The third-order valence-corrected chi connectivity index (χ3v) is 6.13. The lowest BCUT2D eigenvalue weighted by Crippen LogP contribution is -2.31. The number of fused-ring (bicyclic) bond motifs is 1. The molecule has 0 aliphatic heterocycles. The van der Waals surface area contributed by atoms with Gasteiger partial charge in [0.05, 0.1) is 11.7 Å². The predicted octanol–water partition coefficient (Wildman–Crippen LogP) is 5.94. The molecule has 1 unspecified atom stereocenters. The van der Waals surface area contributed by atoms with E-state index in [1.54, 1.807) is 25.1 Å². The molecule has 0 saturated heterocycles. The number of rotatable bonds is 4. The first-order chi connectivity index (χ1) is 14.3. The Morgan fingerprint density at radius 1 is 1.13 bits per heavy atom. The number of anilines is 1. The molecular weight excluding hydrogens is 441 g/mol. The van der Waals surface area contributed by atoms with Crippen molar-refractivity contribution in [2.75, 3.05) is 5.32 Å². The Morgan fingerprint density at radius 3 is 2.47 bits per heavy atom. The number of carbonyl (C=O) groups is 1. The number of nitrogens with zero attached hydrogens (tertiary/aromatic N) is 2. The quantitative estimate of drug-likeness (QED) is 0.412. The van der Waals surface area contributed by atoms with Gasteiger partial charge >= 0.3 is 0 Å². The maximum atomic E-state index is 13.3. The van der Waals surface area contributed by atoms with E-state index in [-0.39, 0.29) is 11.5 Å². The van der Waals surface area contributed by atoms with Gasteiger partial charge in [-0.2, -0.15) is 0 Å². The Balaban J connectivity index is 1.71. The fourth-order valence-electron chi connectivity index (χ4n) is 3.17. The summed E-state index contributed by atoms with van der Waals surface area (Å²) in [6.45, 7) is 3.66. The van der Waals surface area contributed by atoms with Crippen molar-refractivity contribution in [2.24, 2.45) is 0 Å². The number of carbonyl (C=O) groups excluding carboxylic acids is 1. The fourth-order valence-corrected chi connectivity index (χ4v) is 4.60. The van der Waals surface area contributed by atoms with Crippen LogP contribution in [-0.4, -0.2) is 15.5 Å². The number of nitrogens with one attached hydrogen (secondary N) is 1. The SMILES string of the molecule is Cc1ccc(-c2csc3ncn(C(C)C(=O)Nc4cc(Cl)cc(Cl)c4)c(=O)c23)cc1. The van der Waals surface area contributed by atoms with Gasteiger partial charge in [-0.1, -0.05) is 53.0 Å². The number of amides is 1. The lowest BCUT2D eigenvalue weighted by Gasteiger charge is -2.15. The van der Waals surface area contributed by atoms with Crippen molar-refractivity contribution < 1.29 is 4.79 Å². The van der Waals surface area contributed by atoms with Crippen LogP contribution in [0.3, 0.4) is 0 Å². The van der Waals surface area contributed by atoms with E-state index in [1.807, 2.05) is 36.6 Å². The van der Waals surface area contributed by atoms with Crippen LogP contribution in [0.2, 0.25) is 10.0 Å². The Hall–Kier alpha value is -2.67. The summed E-state index contributed by atoms with van der Waals surface area (Å²) in [6.07, 6.45) is 1.41. The first-order valence-corrected chi connectivity index (χ1v) is 10.8. The number of hydrogen-bond donors (Lipinski definition) is 1. The van der Waals surface area contributed by atoms with Crippen LogP contribution in [0.4, 0.5) is 5.69 Å². The number of benzene rings is 2. The molecule has 0 aliphatic carbocycles. The molecular formula is C22H17Cl2N3O2S. The van der Waals surface area contributed by atoms with Gasteiger partial charge in [0, 0.05) is 26.7 Å². The molecule has 152 valence electrons. The molecule has 2 heterocycles. The third-order valence-electron chi connectivity index (χ3n) is 4.81. The van der Waals surface area contributed by atoms with Crippen molar-refractivity contribution in [1.29, 1.82) is 0 Å². The van der Waals surface area contributed by atoms with E-state index in [1.165, 1.54) is 22.2 Å². The van der Waals surface area contributed by atoms with E-state index in [0.717, 1.165) is 16.7 Å². The Labute approximate surface area is 186 Å². The largest absolute Gasteiger partial charge is 0.324 e. The van der Waals surface area contributed by atoms with E-state index in [2.05, 4.69) is 10.3 Å². The minimum absolute atomic E-state index is 0.261. The van der Waals surface area contributed by atoms with E-state index >= 15 is 0 Å².